The zero-order valence-electron chi connectivity index (χ0n) is 11.4. The Morgan fingerprint density at radius 3 is 2.10 bits per heavy atom. The van der Waals surface area contributed by atoms with Crippen molar-refractivity contribution in [1.29, 1.82) is 0 Å². The summed E-state index contributed by atoms with van der Waals surface area (Å²) in [7, 11) is -3.23. The summed E-state index contributed by atoms with van der Waals surface area (Å²) in [6.07, 6.45) is 1.15. The first-order chi connectivity index (χ1) is 9.21. The maximum absolute atomic E-state index is 11.4. The summed E-state index contributed by atoms with van der Waals surface area (Å²) in [4.78, 5) is 11.3. The molecule has 0 amide bonds. The number of carboxylic acid groups (broad SMARTS) is 1. The molecule has 6 heteroatoms. The summed E-state index contributed by atoms with van der Waals surface area (Å²) in [6, 6.07) is 7.97. The Morgan fingerprint density at radius 1 is 1.15 bits per heavy atom. The fraction of sp³-hybridized carbons (Fsp3) is 0.214. The van der Waals surface area contributed by atoms with Crippen LogP contribution in [-0.4, -0.2) is 30.3 Å². The van der Waals surface area contributed by atoms with E-state index in [0.717, 1.165) is 17.6 Å². The summed E-state index contributed by atoms with van der Waals surface area (Å²) >= 11 is 0. The highest BCUT2D eigenvalue weighted by molar-refractivity contribution is 7.90. The molecule has 5 nitrogen and oxygen atoms in total. The Balaban J connectivity index is 2.56. The van der Waals surface area contributed by atoms with Crippen molar-refractivity contribution in [1.82, 2.24) is 4.57 Å². The van der Waals surface area contributed by atoms with Crippen molar-refractivity contribution in [3.05, 3.63) is 47.3 Å². The SMILES string of the molecule is Cc1cc(C(=O)O)c(C)n1-c1ccc(S(C)(=O)=O)cc1. The average molecular weight is 293 g/mol. The second-order valence-electron chi connectivity index (χ2n) is 4.69. The summed E-state index contributed by atoms with van der Waals surface area (Å²) in [5.41, 5.74) is 2.38. The van der Waals surface area contributed by atoms with Crippen LogP contribution in [0.1, 0.15) is 21.7 Å². The average Bonchev–Trinajstić information content (AvgIpc) is 2.64. The van der Waals surface area contributed by atoms with Crippen molar-refractivity contribution < 1.29 is 18.3 Å². The Kier molecular flexibility index (Phi) is 3.43. The summed E-state index contributed by atoms with van der Waals surface area (Å²) in [6.45, 7) is 3.53. The van der Waals surface area contributed by atoms with Crippen LogP contribution < -0.4 is 0 Å². The molecule has 0 fully saturated rings. The molecule has 1 aromatic carbocycles. The van der Waals surface area contributed by atoms with Crippen molar-refractivity contribution in [2.24, 2.45) is 0 Å². The van der Waals surface area contributed by atoms with E-state index in [1.54, 1.807) is 29.7 Å². The van der Waals surface area contributed by atoms with Crippen LogP contribution in [0, 0.1) is 13.8 Å². The zero-order valence-corrected chi connectivity index (χ0v) is 12.2. The Hall–Kier alpha value is -2.08. The fourth-order valence-electron chi connectivity index (χ4n) is 2.22. The van der Waals surface area contributed by atoms with E-state index in [4.69, 9.17) is 5.11 Å². The molecule has 106 valence electrons. The van der Waals surface area contributed by atoms with E-state index in [2.05, 4.69) is 0 Å². The van der Waals surface area contributed by atoms with Gasteiger partial charge in [0, 0.05) is 23.3 Å². The van der Waals surface area contributed by atoms with Gasteiger partial charge in [-0.05, 0) is 44.2 Å². The highest BCUT2D eigenvalue weighted by atomic mass is 32.2. The molecule has 0 atom stereocenters. The van der Waals surface area contributed by atoms with Gasteiger partial charge in [0.1, 0.15) is 0 Å². The van der Waals surface area contributed by atoms with Crippen LogP contribution in [0.3, 0.4) is 0 Å². The molecule has 0 radical (unpaired) electrons. The number of aryl methyl sites for hydroxylation is 1. The van der Waals surface area contributed by atoms with Gasteiger partial charge in [0.25, 0.3) is 0 Å². The smallest absolute Gasteiger partial charge is 0.337 e. The van der Waals surface area contributed by atoms with Gasteiger partial charge in [0.2, 0.25) is 0 Å². The number of nitrogens with zero attached hydrogens (tertiary/aromatic N) is 1. The van der Waals surface area contributed by atoms with Gasteiger partial charge in [-0.25, -0.2) is 13.2 Å². The zero-order chi connectivity index (χ0) is 15.1. The Morgan fingerprint density at radius 2 is 1.70 bits per heavy atom. The summed E-state index contributed by atoms with van der Waals surface area (Å²) in [5, 5.41) is 9.11. The minimum absolute atomic E-state index is 0.238. The van der Waals surface area contributed by atoms with Crippen LogP contribution in [0.25, 0.3) is 5.69 Å². The molecule has 0 saturated carbocycles. The van der Waals surface area contributed by atoms with Crippen LogP contribution in [0.5, 0.6) is 0 Å². The number of benzene rings is 1. The lowest BCUT2D eigenvalue weighted by Gasteiger charge is -2.10. The third-order valence-corrected chi connectivity index (χ3v) is 4.31. The van der Waals surface area contributed by atoms with Crippen LogP contribution >= 0.6 is 0 Å². The molecule has 0 unspecified atom stereocenters. The third-order valence-electron chi connectivity index (χ3n) is 3.18. The third kappa shape index (κ3) is 2.46. The standard InChI is InChI=1S/C14H15NO4S/c1-9-8-13(14(16)17)10(2)15(9)11-4-6-12(7-5-11)20(3,18)19/h4-8H,1-3H3,(H,16,17). The second-order valence-corrected chi connectivity index (χ2v) is 6.71. The number of aromatic carboxylic acids is 1. The lowest BCUT2D eigenvalue weighted by molar-refractivity contribution is 0.0696. The highest BCUT2D eigenvalue weighted by Gasteiger charge is 2.16. The predicted octanol–water partition coefficient (Wildman–Crippen LogP) is 2.20. The van der Waals surface area contributed by atoms with E-state index in [-0.39, 0.29) is 10.5 Å². The van der Waals surface area contributed by atoms with Crippen molar-refractivity contribution in [2.75, 3.05) is 6.26 Å². The molecule has 2 rings (SSSR count). The van der Waals surface area contributed by atoms with Gasteiger partial charge in [-0.15, -0.1) is 0 Å². The molecule has 0 spiro atoms. The first-order valence-corrected chi connectivity index (χ1v) is 7.83. The fourth-order valence-corrected chi connectivity index (χ4v) is 2.85. The molecule has 0 aliphatic carbocycles. The molecule has 20 heavy (non-hydrogen) atoms. The number of hydrogen-bond donors (Lipinski definition) is 1. The summed E-state index contributed by atoms with van der Waals surface area (Å²) < 4.78 is 24.6. The first-order valence-electron chi connectivity index (χ1n) is 5.94. The first kappa shape index (κ1) is 14.3. The molecule has 0 bridgehead atoms. The number of carboxylic acids is 1. The summed E-state index contributed by atoms with van der Waals surface area (Å²) in [5.74, 6) is -0.975. The number of carbonyl (C=O) groups is 1. The molecular formula is C14H15NO4S. The Labute approximate surface area is 117 Å². The van der Waals surface area contributed by atoms with Crippen molar-refractivity contribution in [3.63, 3.8) is 0 Å². The molecule has 0 aliphatic heterocycles. The van der Waals surface area contributed by atoms with Gasteiger partial charge in [0.05, 0.1) is 10.5 Å². The molecule has 0 saturated heterocycles. The molecule has 1 N–H and O–H groups in total. The van der Waals surface area contributed by atoms with Crippen molar-refractivity contribution >= 4 is 15.8 Å². The van der Waals surface area contributed by atoms with Crippen molar-refractivity contribution in [3.8, 4) is 5.69 Å². The van der Waals surface area contributed by atoms with Crippen LogP contribution in [0.15, 0.2) is 35.2 Å². The largest absolute Gasteiger partial charge is 0.478 e. The van der Waals surface area contributed by atoms with Gasteiger partial charge >= 0.3 is 5.97 Å². The van der Waals surface area contributed by atoms with E-state index in [1.165, 1.54) is 12.1 Å². The molecule has 0 aliphatic rings. The lowest BCUT2D eigenvalue weighted by Crippen LogP contribution is -2.03. The number of sulfone groups is 1. The van der Waals surface area contributed by atoms with Crippen LogP contribution in [0.2, 0.25) is 0 Å². The van der Waals surface area contributed by atoms with Gasteiger partial charge in [0.15, 0.2) is 9.84 Å². The lowest BCUT2D eigenvalue weighted by atomic mass is 10.2. The second kappa shape index (κ2) is 4.79. The van der Waals surface area contributed by atoms with Crippen LogP contribution in [0.4, 0.5) is 0 Å². The van der Waals surface area contributed by atoms with E-state index >= 15 is 0 Å². The van der Waals surface area contributed by atoms with Gasteiger partial charge in [-0.1, -0.05) is 0 Å². The van der Waals surface area contributed by atoms with E-state index < -0.39 is 15.8 Å². The quantitative estimate of drug-likeness (QED) is 0.941. The minimum Gasteiger partial charge on any atom is -0.478 e. The number of rotatable bonds is 3. The van der Waals surface area contributed by atoms with Gasteiger partial charge in [-0.2, -0.15) is 0 Å². The molecule has 2 aromatic rings. The molecular weight excluding hydrogens is 278 g/mol. The molecule has 1 aromatic heterocycles. The minimum atomic E-state index is -3.23. The Bertz CT molecular complexity index is 770. The van der Waals surface area contributed by atoms with Crippen molar-refractivity contribution in [2.45, 2.75) is 18.7 Å². The van der Waals surface area contributed by atoms with Gasteiger partial charge < -0.3 is 9.67 Å². The highest BCUT2D eigenvalue weighted by Crippen LogP contribution is 2.22. The van der Waals surface area contributed by atoms with E-state index in [1.807, 2.05) is 6.92 Å². The van der Waals surface area contributed by atoms with E-state index in [9.17, 15) is 13.2 Å². The maximum atomic E-state index is 11.4. The maximum Gasteiger partial charge on any atom is 0.337 e. The number of hydrogen-bond acceptors (Lipinski definition) is 3. The molecule has 1 heterocycles. The number of aromatic nitrogens is 1. The van der Waals surface area contributed by atoms with E-state index in [0.29, 0.717) is 5.69 Å². The predicted molar refractivity (Wildman–Crippen MR) is 75.3 cm³/mol. The monoisotopic (exact) mass is 293 g/mol. The van der Waals surface area contributed by atoms with Crippen LogP contribution in [-0.2, 0) is 9.84 Å². The topological polar surface area (TPSA) is 76.4 Å². The van der Waals surface area contributed by atoms with Gasteiger partial charge in [-0.3, -0.25) is 0 Å². The normalized spacial score (nSPS) is 11.6.